The summed E-state index contributed by atoms with van der Waals surface area (Å²) in [5.74, 6) is -1.31. The van der Waals surface area contributed by atoms with Crippen LogP contribution in [0.4, 0.5) is 11.4 Å². The van der Waals surface area contributed by atoms with E-state index in [1.54, 1.807) is 19.1 Å². The predicted octanol–water partition coefficient (Wildman–Crippen LogP) is 2.77. The number of carbonyl (C=O) groups is 1. The van der Waals surface area contributed by atoms with E-state index in [0.29, 0.717) is 12.2 Å². The third kappa shape index (κ3) is 3.74. The summed E-state index contributed by atoms with van der Waals surface area (Å²) in [4.78, 5) is 14.6. The van der Waals surface area contributed by atoms with Crippen LogP contribution < -0.4 is 15.8 Å². The first-order valence-corrected chi connectivity index (χ1v) is 10.3. The van der Waals surface area contributed by atoms with Crippen molar-refractivity contribution in [1.29, 1.82) is 0 Å². The number of hydrogen-bond acceptors (Lipinski definition) is 5. The Morgan fingerprint density at radius 3 is 2.57 bits per heavy atom. The lowest BCUT2D eigenvalue weighted by atomic mass is 10.1. The van der Waals surface area contributed by atoms with Gasteiger partial charge < -0.3 is 21.1 Å². The van der Waals surface area contributed by atoms with E-state index in [2.05, 4.69) is 15.0 Å². The molecule has 0 aliphatic heterocycles. The molecule has 0 bridgehead atoms. The van der Waals surface area contributed by atoms with Crippen molar-refractivity contribution in [2.24, 2.45) is 5.73 Å². The number of aromatic nitrogens is 1. The van der Waals surface area contributed by atoms with Crippen molar-refractivity contribution >= 4 is 38.2 Å². The zero-order valence-electron chi connectivity index (χ0n) is 15.5. The monoisotopic (exact) mass is 402 g/mol. The number of carbonyl (C=O) groups excluding carboxylic acids is 1. The summed E-state index contributed by atoms with van der Waals surface area (Å²) in [6.45, 7) is 4.23. The standard InChI is InChI=1S/C19H22N4O4S/c1-3-12-7-11-5-6-13(8-15(11)22-12)23-28(26,27)18-9-14(19(20)25)17(24)10-16(18)21-4-2/h5-10,21-24H,3-4H2,1-2H3,(H2,20,25). The highest BCUT2D eigenvalue weighted by molar-refractivity contribution is 7.92. The van der Waals surface area contributed by atoms with Crippen molar-refractivity contribution in [3.63, 3.8) is 0 Å². The molecule has 28 heavy (non-hydrogen) atoms. The van der Waals surface area contributed by atoms with Gasteiger partial charge in [-0.15, -0.1) is 0 Å². The lowest BCUT2D eigenvalue weighted by molar-refractivity contribution is 0.0997. The van der Waals surface area contributed by atoms with Crippen LogP contribution in [0.25, 0.3) is 10.9 Å². The first-order valence-electron chi connectivity index (χ1n) is 8.80. The molecular formula is C19H22N4O4S. The zero-order chi connectivity index (χ0) is 20.5. The second-order valence-electron chi connectivity index (χ2n) is 6.32. The fourth-order valence-corrected chi connectivity index (χ4v) is 4.21. The summed E-state index contributed by atoms with van der Waals surface area (Å²) in [5.41, 5.74) is 7.38. The van der Waals surface area contributed by atoms with Gasteiger partial charge >= 0.3 is 0 Å². The van der Waals surface area contributed by atoms with Crippen LogP contribution in [0, 0.1) is 0 Å². The number of benzene rings is 2. The van der Waals surface area contributed by atoms with Gasteiger partial charge in [0.05, 0.1) is 16.9 Å². The van der Waals surface area contributed by atoms with E-state index in [0.717, 1.165) is 29.1 Å². The smallest absolute Gasteiger partial charge is 0.263 e. The molecule has 0 atom stereocenters. The highest BCUT2D eigenvalue weighted by Crippen LogP contribution is 2.31. The SMILES string of the molecule is CCNc1cc(O)c(C(N)=O)cc1S(=O)(=O)Nc1ccc2cc(CC)[nH]c2c1. The van der Waals surface area contributed by atoms with Gasteiger partial charge in [-0.2, -0.15) is 0 Å². The summed E-state index contributed by atoms with van der Waals surface area (Å²) >= 11 is 0. The Hall–Kier alpha value is -3.20. The fraction of sp³-hybridized carbons (Fsp3) is 0.211. The van der Waals surface area contributed by atoms with Gasteiger partial charge in [-0.25, -0.2) is 8.42 Å². The van der Waals surface area contributed by atoms with Crippen LogP contribution in [0.5, 0.6) is 5.75 Å². The largest absolute Gasteiger partial charge is 0.507 e. The van der Waals surface area contributed by atoms with Gasteiger partial charge in [-0.05, 0) is 43.0 Å². The Kier molecular flexibility index (Phi) is 5.19. The predicted molar refractivity (Wildman–Crippen MR) is 109 cm³/mol. The molecule has 1 aromatic heterocycles. The molecule has 9 heteroatoms. The number of phenols is 1. The maximum Gasteiger partial charge on any atom is 0.263 e. The molecule has 0 saturated carbocycles. The molecule has 1 heterocycles. The molecule has 2 aromatic carbocycles. The average molecular weight is 402 g/mol. The first kappa shape index (κ1) is 19.6. The summed E-state index contributed by atoms with van der Waals surface area (Å²) in [6, 6.07) is 9.44. The van der Waals surface area contributed by atoms with Gasteiger partial charge in [-0.3, -0.25) is 9.52 Å². The molecule has 0 unspecified atom stereocenters. The van der Waals surface area contributed by atoms with E-state index in [4.69, 9.17) is 5.73 Å². The van der Waals surface area contributed by atoms with Gasteiger partial charge in [-0.1, -0.05) is 13.0 Å². The number of nitrogens with one attached hydrogen (secondary N) is 3. The second kappa shape index (κ2) is 7.43. The molecule has 0 aliphatic rings. The van der Waals surface area contributed by atoms with Crippen molar-refractivity contribution in [3.8, 4) is 5.75 Å². The number of primary amides is 1. The van der Waals surface area contributed by atoms with Gasteiger partial charge in [0.25, 0.3) is 15.9 Å². The van der Waals surface area contributed by atoms with Gasteiger partial charge in [0.15, 0.2) is 0 Å². The van der Waals surface area contributed by atoms with Crippen molar-refractivity contribution in [2.75, 3.05) is 16.6 Å². The Balaban J connectivity index is 2.04. The number of nitrogens with two attached hydrogens (primary N) is 1. The van der Waals surface area contributed by atoms with Crippen LogP contribution in [-0.4, -0.2) is 31.0 Å². The number of fused-ring (bicyclic) bond motifs is 1. The lowest BCUT2D eigenvalue weighted by Gasteiger charge is -2.15. The topological polar surface area (TPSA) is 137 Å². The highest BCUT2D eigenvalue weighted by Gasteiger charge is 2.23. The molecule has 0 radical (unpaired) electrons. The molecule has 3 rings (SSSR count). The number of rotatable bonds is 7. The minimum atomic E-state index is -4.05. The van der Waals surface area contributed by atoms with Crippen molar-refractivity contribution in [2.45, 2.75) is 25.2 Å². The summed E-state index contributed by atoms with van der Waals surface area (Å²) < 4.78 is 28.5. The van der Waals surface area contributed by atoms with Crippen molar-refractivity contribution in [1.82, 2.24) is 4.98 Å². The minimum Gasteiger partial charge on any atom is -0.507 e. The second-order valence-corrected chi connectivity index (χ2v) is 7.97. The van der Waals surface area contributed by atoms with E-state index < -0.39 is 15.9 Å². The quantitative estimate of drug-likeness (QED) is 0.414. The van der Waals surface area contributed by atoms with Crippen LogP contribution >= 0.6 is 0 Å². The van der Waals surface area contributed by atoms with Crippen molar-refractivity contribution < 1.29 is 18.3 Å². The number of H-pyrrole nitrogens is 1. The summed E-state index contributed by atoms with van der Waals surface area (Å²) in [7, 11) is -4.05. The molecule has 6 N–H and O–H groups in total. The molecule has 3 aromatic rings. The first-order chi connectivity index (χ1) is 13.2. The summed E-state index contributed by atoms with van der Waals surface area (Å²) in [5, 5.41) is 13.8. The summed E-state index contributed by atoms with van der Waals surface area (Å²) in [6.07, 6.45) is 0.838. The van der Waals surface area contributed by atoms with Crippen LogP contribution in [0.1, 0.15) is 29.9 Å². The fourth-order valence-electron chi connectivity index (χ4n) is 2.97. The minimum absolute atomic E-state index is 0.173. The van der Waals surface area contributed by atoms with Gasteiger partial charge in [0.2, 0.25) is 0 Å². The molecular weight excluding hydrogens is 380 g/mol. The van der Waals surface area contributed by atoms with Crippen molar-refractivity contribution in [3.05, 3.63) is 47.7 Å². The Bertz CT molecular complexity index is 1150. The molecule has 0 aliphatic carbocycles. The number of aromatic hydroxyl groups is 1. The molecule has 0 spiro atoms. The van der Waals surface area contributed by atoms with Crippen LogP contribution in [-0.2, 0) is 16.4 Å². The van der Waals surface area contributed by atoms with E-state index in [1.807, 2.05) is 19.1 Å². The van der Waals surface area contributed by atoms with Crippen LogP contribution in [0.3, 0.4) is 0 Å². The number of sulfonamides is 1. The maximum atomic E-state index is 13.0. The van der Waals surface area contributed by atoms with Crippen LogP contribution in [0.15, 0.2) is 41.3 Å². The number of aromatic amines is 1. The number of anilines is 2. The molecule has 8 nitrogen and oxygen atoms in total. The lowest BCUT2D eigenvalue weighted by Crippen LogP contribution is -2.18. The Morgan fingerprint density at radius 2 is 1.93 bits per heavy atom. The molecule has 0 fully saturated rings. The van der Waals surface area contributed by atoms with E-state index >= 15 is 0 Å². The molecule has 1 amide bonds. The Labute approximate surface area is 162 Å². The highest BCUT2D eigenvalue weighted by atomic mass is 32.2. The van der Waals surface area contributed by atoms with Crippen LogP contribution in [0.2, 0.25) is 0 Å². The van der Waals surface area contributed by atoms with Gasteiger partial charge in [0.1, 0.15) is 10.6 Å². The molecule has 0 saturated heterocycles. The van der Waals surface area contributed by atoms with E-state index in [-0.39, 0.29) is 21.9 Å². The van der Waals surface area contributed by atoms with E-state index in [1.165, 1.54) is 6.07 Å². The molecule has 148 valence electrons. The Morgan fingerprint density at radius 1 is 1.18 bits per heavy atom. The van der Waals surface area contributed by atoms with E-state index in [9.17, 15) is 18.3 Å². The third-order valence-corrected chi connectivity index (χ3v) is 5.75. The number of amides is 1. The van der Waals surface area contributed by atoms with Gasteiger partial charge in [0, 0.05) is 23.8 Å². The maximum absolute atomic E-state index is 13.0. The zero-order valence-corrected chi connectivity index (χ0v) is 16.4. The average Bonchev–Trinajstić information content (AvgIpc) is 3.03. The number of hydrogen-bond donors (Lipinski definition) is 5. The third-order valence-electron chi connectivity index (χ3n) is 4.33. The number of aryl methyl sites for hydroxylation is 1. The normalized spacial score (nSPS) is 11.5.